The number of nitrogens with zero attached hydrogens (tertiary/aromatic N) is 2. The molecule has 3 rings (SSSR count). The molecule has 26 heavy (non-hydrogen) atoms. The van der Waals surface area contributed by atoms with E-state index >= 15 is 0 Å². The SMILES string of the molecule is CCN(CC)C(=O)c1ccc(C2CCCN2C(=O)c2ccc(OC)o2)s1. The molecular formula is C19H24N2O4S. The Morgan fingerprint density at radius 3 is 2.69 bits per heavy atom. The van der Waals surface area contributed by atoms with Gasteiger partial charge in [-0.3, -0.25) is 9.59 Å². The third-order valence-electron chi connectivity index (χ3n) is 4.72. The molecule has 1 fully saturated rings. The predicted octanol–water partition coefficient (Wildman–Crippen LogP) is 3.81. The first-order valence-corrected chi connectivity index (χ1v) is 9.74. The molecule has 6 nitrogen and oxygen atoms in total. The minimum absolute atomic E-state index is 0.0122. The largest absolute Gasteiger partial charge is 0.468 e. The Hall–Kier alpha value is -2.28. The Kier molecular flexibility index (Phi) is 5.66. The molecule has 2 amide bonds. The number of carbonyl (C=O) groups excluding carboxylic acids is 2. The van der Waals surface area contributed by atoms with Crippen LogP contribution in [0.2, 0.25) is 0 Å². The second kappa shape index (κ2) is 7.95. The highest BCUT2D eigenvalue weighted by atomic mass is 32.1. The number of thiophene rings is 1. The standard InChI is InChI=1S/C19H24N2O4S/c1-4-20(5-2)19(23)16-10-9-15(26-16)13-7-6-12-21(13)18(22)14-8-11-17(24-3)25-14/h8-11,13H,4-7,12H2,1-3H3. The van der Waals surface area contributed by atoms with Crippen molar-refractivity contribution in [3.8, 4) is 5.95 Å². The maximum atomic E-state index is 12.8. The Labute approximate surface area is 157 Å². The van der Waals surface area contributed by atoms with Crippen LogP contribution in [0.3, 0.4) is 0 Å². The van der Waals surface area contributed by atoms with Crippen molar-refractivity contribution in [2.24, 2.45) is 0 Å². The Bertz CT molecular complexity index is 778. The normalized spacial score (nSPS) is 16.7. The molecule has 0 aromatic carbocycles. The lowest BCUT2D eigenvalue weighted by Crippen LogP contribution is -2.30. The average molecular weight is 376 g/mol. The molecule has 2 aromatic heterocycles. The highest BCUT2D eigenvalue weighted by Crippen LogP contribution is 2.37. The van der Waals surface area contributed by atoms with Crippen molar-refractivity contribution < 1.29 is 18.7 Å². The van der Waals surface area contributed by atoms with E-state index in [1.807, 2.05) is 35.8 Å². The lowest BCUT2D eigenvalue weighted by molar-refractivity contribution is 0.0699. The molecule has 0 aliphatic carbocycles. The van der Waals surface area contributed by atoms with Crippen LogP contribution in [-0.4, -0.2) is 48.4 Å². The Morgan fingerprint density at radius 2 is 2.04 bits per heavy atom. The second-order valence-electron chi connectivity index (χ2n) is 6.16. The lowest BCUT2D eigenvalue weighted by Gasteiger charge is -2.23. The number of hydrogen-bond donors (Lipinski definition) is 0. The maximum absolute atomic E-state index is 12.8. The molecule has 1 aliphatic heterocycles. The quantitative estimate of drug-likeness (QED) is 0.769. The van der Waals surface area contributed by atoms with Gasteiger partial charge >= 0.3 is 0 Å². The fourth-order valence-corrected chi connectivity index (χ4v) is 4.43. The summed E-state index contributed by atoms with van der Waals surface area (Å²) in [6.07, 6.45) is 1.83. The van der Waals surface area contributed by atoms with Crippen molar-refractivity contribution >= 4 is 23.2 Å². The summed E-state index contributed by atoms with van der Waals surface area (Å²) in [6, 6.07) is 7.12. The monoisotopic (exact) mass is 376 g/mol. The number of rotatable bonds is 6. The summed E-state index contributed by atoms with van der Waals surface area (Å²) in [6.45, 7) is 6.02. The van der Waals surface area contributed by atoms with Gasteiger partial charge in [0, 0.05) is 30.6 Å². The van der Waals surface area contributed by atoms with Gasteiger partial charge in [-0.25, -0.2) is 0 Å². The van der Waals surface area contributed by atoms with Crippen molar-refractivity contribution in [1.82, 2.24) is 9.80 Å². The molecule has 0 saturated carbocycles. The zero-order valence-electron chi connectivity index (χ0n) is 15.4. The summed E-state index contributed by atoms with van der Waals surface area (Å²) in [4.78, 5) is 30.8. The van der Waals surface area contributed by atoms with E-state index in [9.17, 15) is 9.59 Å². The van der Waals surface area contributed by atoms with Gasteiger partial charge in [-0.2, -0.15) is 0 Å². The molecule has 0 radical (unpaired) electrons. The van der Waals surface area contributed by atoms with Crippen LogP contribution >= 0.6 is 11.3 Å². The van der Waals surface area contributed by atoms with Gasteiger partial charge in [0.05, 0.1) is 18.0 Å². The summed E-state index contributed by atoms with van der Waals surface area (Å²) in [5, 5.41) is 0. The summed E-state index contributed by atoms with van der Waals surface area (Å²) in [5.74, 6) is 0.524. The Balaban J connectivity index is 1.78. The van der Waals surface area contributed by atoms with Crippen LogP contribution in [0, 0.1) is 0 Å². The summed E-state index contributed by atoms with van der Waals surface area (Å²) in [7, 11) is 1.51. The van der Waals surface area contributed by atoms with Gasteiger partial charge in [0.2, 0.25) is 0 Å². The first-order valence-electron chi connectivity index (χ1n) is 8.92. The number of amides is 2. The molecule has 1 aliphatic rings. The van der Waals surface area contributed by atoms with E-state index in [0.717, 1.165) is 22.6 Å². The van der Waals surface area contributed by atoms with Crippen LogP contribution in [0.1, 0.15) is 57.8 Å². The molecule has 0 N–H and O–H groups in total. The number of hydrogen-bond acceptors (Lipinski definition) is 5. The summed E-state index contributed by atoms with van der Waals surface area (Å²) >= 11 is 1.48. The van der Waals surface area contributed by atoms with Crippen molar-refractivity contribution in [3.63, 3.8) is 0 Å². The summed E-state index contributed by atoms with van der Waals surface area (Å²) in [5.41, 5.74) is 0. The molecular weight excluding hydrogens is 352 g/mol. The van der Waals surface area contributed by atoms with Crippen molar-refractivity contribution in [2.75, 3.05) is 26.7 Å². The van der Waals surface area contributed by atoms with Gasteiger partial charge in [-0.1, -0.05) is 0 Å². The van der Waals surface area contributed by atoms with Crippen LogP contribution in [0.15, 0.2) is 28.7 Å². The van der Waals surface area contributed by atoms with E-state index in [2.05, 4.69) is 0 Å². The molecule has 2 aromatic rings. The third kappa shape index (κ3) is 3.49. The molecule has 1 unspecified atom stereocenters. The molecule has 7 heteroatoms. The maximum Gasteiger partial charge on any atom is 0.290 e. The molecule has 0 bridgehead atoms. The van der Waals surface area contributed by atoms with Crippen LogP contribution in [0.25, 0.3) is 0 Å². The van der Waals surface area contributed by atoms with Crippen LogP contribution in [0.5, 0.6) is 5.95 Å². The van der Waals surface area contributed by atoms with Gasteiger partial charge in [0.15, 0.2) is 5.76 Å². The third-order valence-corrected chi connectivity index (χ3v) is 5.90. The van der Waals surface area contributed by atoms with Crippen molar-refractivity contribution in [1.29, 1.82) is 0 Å². The van der Waals surface area contributed by atoms with E-state index in [-0.39, 0.29) is 23.6 Å². The van der Waals surface area contributed by atoms with E-state index < -0.39 is 0 Å². The fraction of sp³-hybridized carbons (Fsp3) is 0.474. The van der Waals surface area contributed by atoms with Gasteiger partial charge in [0.1, 0.15) is 0 Å². The average Bonchev–Trinajstić information content (AvgIpc) is 3.41. The molecule has 1 saturated heterocycles. The Morgan fingerprint density at radius 1 is 1.27 bits per heavy atom. The highest BCUT2D eigenvalue weighted by molar-refractivity contribution is 7.14. The first-order chi connectivity index (χ1) is 12.6. The van der Waals surface area contributed by atoms with Gasteiger partial charge in [0.25, 0.3) is 17.8 Å². The predicted molar refractivity (Wildman–Crippen MR) is 99.8 cm³/mol. The number of ether oxygens (including phenoxy) is 1. The fourth-order valence-electron chi connectivity index (χ4n) is 3.31. The highest BCUT2D eigenvalue weighted by Gasteiger charge is 2.33. The van der Waals surface area contributed by atoms with Gasteiger partial charge in [-0.05, 0) is 44.9 Å². The summed E-state index contributed by atoms with van der Waals surface area (Å²) < 4.78 is 10.4. The van der Waals surface area contributed by atoms with Gasteiger partial charge < -0.3 is 19.0 Å². The van der Waals surface area contributed by atoms with E-state index in [1.165, 1.54) is 18.4 Å². The minimum atomic E-state index is -0.138. The number of carbonyl (C=O) groups is 2. The van der Waals surface area contributed by atoms with Crippen LogP contribution in [0.4, 0.5) is 0 Å². The molecule has 140 valence electrons. The minimum Gasteiger partial charge on any atom is -0.468 e. The number of methoxy groups -OCH3 is 1. The second-order valence-corrected chi connectivity index (χ2v) is 7.27. The van der Waals surface area contributed by atoms with E-state index in [0.29, 0.717) is 25.6 Å². The molecule has 0 spiro atoms. The van der Waals surface area contributed by atoms with Crippen molar-refractivity contribution in [2.45, 2.75) is 32.7 Å². The van der Waals surface area contributed by atoms with Gasteiger partial charge in [-0.15, -0.1) is 11.3 Å². The van der Waals surface area contributed by atoms with E-state index in [1.54, 1.807) is 12.1 Å². The van der Waals surface area contributed by atoms with Crippen molar-refractivity contribution in [3.05, 3.63) is 39.8 Å². The number of furan rings is 1. The topological polar surface area (TPSA) is 63.0 Å². The smallest absolute Gasteiger partial charge is 0.290 e. The molecule has 1 atom stereocenters. The molecule has 3 heterocycles. The first kappa shape index (κ1) is 18.5. The zero-order valence-corrected chi connectivity index (χ0v) is 16.2. The van der Waals surface area contributed by atoms with Crippen LogP contribution < -0.4 is 4.74 Å². The lowest BCUT2D eigenvalue weighted by atomic mass is 10.2. The van der Waals surface area contributed by atoms with E-state index in [4.69, 9.17) is 9.15 Å². The zero-order chi connectivity index (χ0) is 18.7. The number of likely N-dealkylation sites (tertiary alicyclic amines) is 1. The van der Waals surface area contributed by atoms with Crippen LogP contribution in [-0.2, 0) is 0 Å².